The largest absolute Gasteiger partial charge is 0.325 e. The number of carbonyl (C=O) groups excluding carboxylic acids is 1. The molecule has 1 amide bonds. The number of sulfonamides is 1. The molecule has 1 aliphatic heterocycles. The van der Waals surface area contributed by atoms with Crippen molar-refractivity contribution in [2.24, 2.45) is 0 Å². The lowest BCUT2D eigenvalue weighted by Gasteiger charge is -2.31. The third kappa shape index (κ3) is 5.93. The molecule has 25 heavy (non-hydrogen) atoms. The summed E-state index contributed by atoms with van der Waals surface area (Å²) in [5.41, 5.74) is 0.491. The number of halogens is 1. The Morgan fingerprint density at radius 1 is 1.36 bits per heavy atom. The van der Waals surface area contributed by atoms with Crippen molar-refractivity contribution in [1.29, 1.82) is 0 Å². The Balaban J connectivity index is 0.00000312. The summed E-state index contributed by atoms with van der Waals surface area (Å²) in [6.45, 7) is 2.06. The van der Waals surface area contributed by atoms with Gasteiger partial charge in [-0.1, -0.05) is 6.07 Å². The number of carbonyl (C=O) groups is 1. The second kappa shape index (κ2) is 9.49. The first kappa shape index (κ1) is 21.9. The summed E-state index contributed by atoms with van der Waals surface area (Å²) in [5, 5.41) is 6.04. The zero-order valence-electron chi connectivity index (χ0n) is 14.9. The number of nitrogens with zero attached hydrogens (tertiary/aromatic N) is 2. The van der Waals surface area contributed by atoms with Gasteiger partial charge in [0.15, 0.2) is 0 Å². The van der Waals surface area contributed by atoms with Crippen LogP contribution < -0.4 is 10.6 Å². The molecule has 1 unspecified atom stereocenters. The Hall–Kier alpha value is -1.19. The summed E-state index contributed by atoms with van der Waals surface area (Å²) in [7, 11) is 1.39. The van der Waals surface area contributed by atoms with Crippen LogP contribution in [0.3, 0.4) is 0 Å². The molecule has 0 aliphatic carbocycles. The second-order valence-electron chi connectivity index (χ2n) is 6.23. The zero-order chi connectivity index (χ0) is 17.7. The van der Waals surface area contributed by atoms with Crippen molar-refractivity contribution in [2.75, 3.05) is 46.1 Å². The van der Waals surface area contributed by atoms with Crippen LogP contribution in [0, 0.1) is 0 Å². The Labute approximate surface area is 156 Å². The molecule has 142 valence electrons. The molecular weight excluding hydrogens is 364 g/mol. The molecule has 0 bridgehead atoms. The number of piperidine rings is 1. The summed E-state index contributed by atoms with van der Waals surface area (Å²) >= 11 is 0. The summed E-state index contributed by atoms with van der Waals surface area (Å²) in [6.07, 6.45) is 2.19. The lowest BCUT2D eigenvalue weighted by molar-refractivity contribution is -0.117. The lowest BCUT2D eigenvalue weighted by Crippen LogP contribution is -2.46. The van der Waals surface area contributed by atoms with Gasteiger partial charge in [0.25, 0.3) is 0 Å². The monoisotopic (exact) mass is 390 g/mol. The average Bonchev–Trinajstić information content (AvgIpc) is 2.55. The minimum absolute atomic E-state index is 0. The lowest BCUT2D eigenvalue weighted by atomic mass is 10.1. The number of rotatable bonds is 6. The summed E-state index contributed by atoms with van der Waals surface area (Å²) in [4.78, 5) is 14.5. The highest BCUT2D eigenvalue weighted by molar-refractivity contribution is 7.89. The smallest absolute Gasteiger partial charge is 0.242 e. The number of likely N-dealkylation sites (tertiary alicyclic amines) is 1. The molecule has 2 N–H and O–H groups in total. The molecule has 0 radical (unpaired) electrons. The Morgan fingerprint density at radius 2 is 2.08 bits per heavy atom. The first-order valence-electron chi connectivity index (χ1n) is 8.05. The summed E-state index contributed by atoms with van der Waals surface area (Å²) in [5.74, 6) is -0.133. The van der Waals surface area contributed by atoms with Gasteiger partial charge in [0.2, 0.25) is 15.9 Å². The number of benzene rings is 1. The number of anilines is 1. The highest BCUT2D eigenvalue weighted by Gasteiger charge is 2.21. The third-order valence-electron chi connectivity index (χ3n) is 4.18. The van der Waals surface area contributed by atoms with Gasteiger partial charge >= 0.3 is 0 Å². The van der Waals surface area contributed by atoms with E-state index in [1.165, 1.54) is 26.2 Å². The van der Waals surface area contributed by atoms with E-state index in [-0.39, 0.29) is 23.2 Å². The third-order valence-corrected chi connectivity index (χ3v) is 5.99. The molecular formula is C16H27ClN4O3S. The van der Waals surface area contributed by atoms with Crippen LogP contribution >= 0.6 is 12.4 Å². The summed E-state index contributed by atoms with van der Waals surface area (Å²) < 4.78 is 25.5. The molecule has 1 aromatic carbocycles. The Morgan fingerprint density at radius 3 is 2.72 bits per heavy atom. The van der Waals surface area contributed by atoms with E-state index in [1.807, 2.05) is 7.05 Å². The first-order chi connectivity index (χ1) is 11.3. The minimum atomic E-state index is -3.51. The number of likely N-dealkylation sites (N-methyl/N-ethyl adjacent to an activating group) is 1. The molecule has 1 heterocycles. The van der Waals surface area contributed by atoms with Crippen LogP contribution in [0.4, 0.5) is 5.69 Å². The van der Waals surface area contributed by atoms with Crippen LogP contribution in [-0.2, 0) is 14.8 Å². The molecule has 1 saturated heterocycles. The van der Waals surface area contributed by atoms with Crippen LogP contribution in [0.5, 0.6) is 0 Å². The van der Waals surface area contributed by atoms with Crippen molar-refractivity contribution in [2.45, 2.75) is 23.8 Å². The minimum Gasteiger partial charge on any atom is -0.325 e. The molecule has 2 rings (SSSR count). The Bertz CT molecular complexity index is 682. The fraction of sp³-hybridized carbons (Fsp3) is 0.562. The highest BCUT2D eigenvalue weighted by Crippen LogP contribution is 2.18. The van der Waals surface area contributed by atoms with Gasteiger partial charge in [0.1, 0.15) is 0 Å². The molecule has 0 spiro atoms. The molecule has 1 aromatic rings. The maximum absolute atomic E-state index is 12.2. The molecule has 7 nitrogen and oxygen atoms in total. The normalized spacial score (nSPS) is 18.6. The SMILES string of the molecule is CNC1CCCN(CC(=O)Nc2cccc(S(=O)(=O)N(C)C)c2)C1.Cl. The molecule has 9 heteroatoms. The van der Waals surface area contributed by atoms with Gasteiger partial charge in [-0.25, -0.2) is 12.7 Å². The van der Waals surface area contributed by atoms with Crippen LogP contribution in [0.25, 0.3) is 0 Å². The zero-order valence-corrected chi connectivity index (χ0v) is 16.5. The molecule has 1 aliphatic rings. The van der Waals surface area contributed by atoms with Crippen LogP contribution in [0.1, 0.15) is 12.8 Å². The van der Waals surface area contributed by atoms with E-state index >= 15 is 0 Å². The van der Waals surface area contributed by atoms with Gasteiger partial charge in [-0.2, -0.15) is 0 Å². The van der Waals surface area contributed by atoms with Crippen molar-refractivity contribution in [3.8, 4) is 0 Å². The average molecular weight is 391 g/mol. The van der Waals surface area contributed by atoms with Gasteiger partial charge in [0.05, 0.1) is 11.4 Å². The summed E-state index contributed by atoms with van der Waals surface area (Å²) in [6, 6.07) is 6.75. The number of amides is 1. The van der Waals surface area contributed by atoms with Gasteiger partial charge in [-0.3, -0.25) is 9.69 Å². The van der Waals surface area contributed by atoms with E-state index in [2.05, 4.69) is 15.5 Å². The van der Waals surface area contributed by atoms with E-state index in [4.69, 9.17) is 0 Å². The molecule has 0 aromatic heterocycles. The van der Waals surface area contributed by atoms with Crippen LogP contribution in [0.15, 0.2) is 29.2 Å². The predicted molar refractivity (Wildman–Crippen MR) is 102 cm³/mol. The van der Waals surface area contributed by atoms with Crippen molar-refractivity contribution in [3.63, 3.8) is 0 Å². The number of hydrogen-bond acceptors (Lipinski definition) is 5. The topological polar surface area (TPSA) is 81.8 Å². The van der Waals surface area contributed by atoms with Crippen LogP contribution in [0.2, 0.25) is 0 Å². The number of hydrogen-bond donors (Lipinski definition) is 2. The fourth-order valence-corrected chi connectivity index (χ4v) is 3.73. The van der Waals surface area contributed by atoms with Crippen molar-refractivity contribution < 1.29 is 13.2 Å². The first-order valence-corrected chi connectivity index (χ1v) is 9.49. The van der Waals surface area contributed by atoms with E-state index in [0.717, 1.165) is 30.2 Å². The fourth-order valence-electron chi connectivity index (χ4n) is 2.78. The van der Waals surface area contributed by atoms with E-state index < -0.39 is 10.0 Å². The van der Waals surface area contributed by atoms with Gasteiger partial charge in [-0.15, -0.1) is 12.4 Å². The maximum atomic E-state index is 12.2. The molecule has 1 atom stereocenters. The van der Waals surface area contributed by atoms with Gasteiger partial charge in [0, 0.05) is 32.4 Å². The standard InChI is InChI=1S/C16H26N4O3S.ClH/c1-17-14-7-5-9-20(11-14)12-16(21)18-13-6-4-8-15(10-13)24(22,23)19(2)3;/h4,6,8,10,14,17H,5,7,9,11-12H2,1-3H3,(H,18,21);1H. The van der Waals surface area contributed by atoms with Gasteiger partial charge < -0.3 is 10.6 Å². The molecule has 0 saturated carbocycles. The van der Waals surface area contributed by atoms with Gasteiger partial charge in [-0.05, 0) is 44.6 Å². The Kier molecular flexibility index (Phi) is 8.30. The van der Waals surface area contributed by atoms with Crippen LogP contribution in [-0.4, -0.2) is 70.3 Å². The van der Waals surface area contributed by atoms with E-state index in [9.17, 15) is 13.2 Å². The maximum Gasteiger partial charge on any atom is 0.242 e. The van der Waals surface area contributed by atoms with E-state index in [1.54, 1.807) is 12.1 Å². The number of nitrogens with one attached hydrogen (secondary N) is 2. The van der Waals surface area contributed by atoms with Crippen molar-refractivity contribution in [3.05, 3.63) is 24.3 Å². The highest BCUT2D eigenvalue weighted by atomic mass is 35.5. The van der Waals surface area contributed by atoms with Crippen molar-refractivity contribution in [1.82, 2.24) is 14.5 Å². The molecule has 1 fully saturated rings. The van der Waals surface area contributed by atoms with E-state index in [0.29, 0.717) is 18.3 Å². The second-order valence-corrected chi connectivity index (χ2v) is 8.38. The quantitative estimate of drug-likeness (QED) is 0.756. The van der Waals surface area contributed by atoms with Crippen molar-refractivity contribution >= 4 is 34.0 Å². The predicted octanol–water partition coefficient (Wildman–Crippen LogP) is 0.981.